The van der Waals surface area contributed by atoms with Crippen LogP contribution in [0.5, 0.6) is 11.5 Å². The van der Waals surface area contributed by atoms with Gasteiger partial charge in [-0.05, 0) is 31.0 Å². The van der Waals surface area contributed by atoms with Crippen LogP contribution in [0.3, 0.4) is 0 Å². The Labute approximate surface area is 191 Å². The van der Waals surface area contributed by atoms with Crippen molar-refractivity contribution >= 4 is 38.5 Å². The zero-order valence-corrected chi connectivity index (χ0v) is 19.2. The molecule has 1 aliphatic heterocycles. The summed E-state index contributed by atoms with van der Waals surface area (Å²) < 4.78 is 6.93. The Morgan fingerprint density at radius 3 is 2.81 bits per heavy atom. The molecular weight excluding hydrogens is 426 g/mol. The van der Waals surface area contributed by atoms with Gasteiger partial charge in [0.05, 0.1) is 10.2 Å². The van der Waals surface area contributed by atoms with Crippen molar-refractivity contribution in [1.29, 1.82) is 0 Å². The lowest BCUT2D eigenvalue weighted by Gasteiger charge is -2.34. The number of hydrogen-bond acceptors (Lipinski definition) is 7. The highest BCUT2D eigenvalue weighted by Gasteiger charge is 2.25. The molecule has 1 aliphatic rings. The average Bonchev–Trinajstić information content (AvgIpc) is 3.19. The van der Waals surface area contributed by atoms with Crippen LogP contribution in [0, 0.1) is 5.92 Å². The molecule has 8 nitrogen and oxygen atoms in total. The van der Waals surface area contributed by atoms with Crippen molar-refractivity contribution in [3.8, 4) is 11.5 Å². The minimum atomic E-state index is -0.263. The number of nitrogens with zero attached hydrogens (tertiary/aromatic N) is 3. The van der Waals surface area contributed by atoms with E-state index in [9.17, 15) is 9.59 Å². The van der Waals surface area contributed by atoms with Crippen LogP contribution in [-0.2, 0) is 4.79 Å². The highest BCUT2D eigenvalue weighted by Crippen LogP contribution is 2.32. The third-order valence-electron chi connectivity index (χ3n) is 5.34. The number of piperidine rings is 1. The molecule has 32 heavy (non-hydrogen) atoms. The molecule has 0 spiro atoms. The first kappa shape index (κ1) is 22.0. The number of pyridine rings is 1. The second kappa shape index (κ2) is 9.52. The van der Waals surface area contributed by atoms with Gasteiger partial charge >= 0.3 is 0 Å². The Morgan fingerprint density at radius 1 is 1.22 bits per heavy atom. The number of carbonyl (C=O) groups is 2. The summed E-state index contributed by atoms with van der Waals surface area (Å²) in [4.78, 5) is 34.8. The highest BCUT2D eigenvalue weighted by molar-refractivity contribution is 7.22. The number of benzene rings is 1. The van der Waals surface area contributed by atoms with Crippen molar-refractivity contribution in [2.75, 3.05) is 25.5 Å². The minimum absolute atomic E-state index is 0.0162. The molecule has 9 heteroatoms. The van der Waals surface area contributed by atoms with Crippen LogP contribution in [0.15, 0.2) is 36.5 Å². The average molecular weight is 454 g/mol. The largest absolute Gasteiger partial charge is 0.457 e. The van der Waals surface area contributed by atoms with E-state index in [2.05, 4.69) is 15.6 Å². The number of anilines is 1. The lowest BCUT2D eigenvalue weighted by atomic mass is 10.0. The smallest absolute Gasteiger partial charge is 0.269 e. The second-order valence-corrected chi connectivity index (χ2v) is 9.16. The van der Waals surface area contributed by atoms with Crippen LogP contribution in [0.2, 0.25) is 0 Å². The van der Waals surface area contributed by atoms with Gasteiger partial charge in [-0.3, -0.25) is 14.6 Å². The predicted octanol–water partition coefficient (Wildman–Crippen LogP) is 3.90. The van der Waals surface area contributed by atoms with E-state index in [-0.39, 0.29) is 23.8 Å². The molecule has 2 amide bonds. The van der Waals surface area contributed by atoms with Crippen molar-refractivity contribution in [1.82, 2.24) is 20.2 Å². The van der Waals surface area contributed by atoms with Gasteiger partial charge in [-0.25, -0.2) is 4.98 Å². The summed E-state index contributed by atoms with van der Waals surface area (Å²) >= 11 is 1.56. The normalized spacial score (nSPS) is 16.2. The van der Waals surface area contributed by atoms with Crippen LogP contribution in [-0.4, -0.2) is 52.9 Å². The molecule has 0 aliphatic carbocycles. The van der Waals surface area contributed by atoms with Gasteiger partial charge in [-0.2, -0.15) is 0 Å². The fourth-order valence-corrected chi connectivity index (χ4v) is 4.70. The lowest BCUT2D eigenvalue weighted by molar-refractivity contribution is -0.135. The number of likely N-dealkylation sites (tertiary alicyclic amines) is 1. The predicted molar refractivity (Wildman–Crippen MR) is 125 cm³/mol. The molecule has 4 rings (SSSR count). The van der Waals surface area contributed by atoms with E-state index in [0.717, 1.165) is 34.7 Å². The summed E-state index contributed by atoms with van der Waals surface area (Å²) in [5, 5.41) is 6.90. The van der Waals surface area contributed by atoms with E-state index in [1.807, 2.05) is 36.9 Å². The van der Waals surface area contributed by atoms with E-state index in [4.69, 9.17) is 9.72 Å². The minimum Gasteiger partial charge on any atom is -0.457 e. The van der Waals surface area contributed by atoms with Gasteiger partial charge in [0.15, 0.2) is 5.13 Å². The molecule has 0 saturated carbocycles. The monoisotopic (exact) mass is 453 g/mol. The molecule has 1 unspecified atom stereocenters. The van der Waals surface area contributed by atoms with Crippen molar-refractivity contribution in [3.63, 3.8) is 0 Å². The second-order valence-electron chi connectivity index (χ2n) is 8.13. The third kappa shape index (κ3) is 4.99. The SMILES string of the molecule is CNC(=O)c1cc(Oc2ccc3nc(NC4CCCN(C(=O)C(C)C)C4)sc3c2)ccn1. The number of nitrogens with one attached hydrogen (secondary N) is 2. The molecule has 3 heterocycles. The molecule has 0 radical (unpaired) electrons. The van der Waals surface area contributed by atoms with E-state index in [0.29, 0.717) is 23.7 Å². The maximum absolute atomic E-state index is 12.3. The lowest BCUT2D eigenvalue weighted by Crippen LogP contribution is -2.46. The molecule has 0 bridgehead atoms. The molecule has 3 aromatic rings. The Morgan fingerprint density at radius 2 is 2.03 bits per heavy atom. The zero-order valence-electron chi connectivity index (χ0n) is 18.4. The highest BCUT2D eigenvalue weighted by atomic mass is 32.1. The van der Waals surface area contributed by atoms with Gasteiger partial charge in [0, 0.05) is 50.4 Å². The van der Waals surface area contributed by atoms with Crippen LogP contribution in [0.25, 0.3) is 10.2 Å². The fourth-order valence-electron chi connectivity index (χ4n) is 3.73. The Balaban J connectivity index is 1.45. The van der Waals surface area contributed by atoms with Crippen LogP contribution < -0.4 is 15.4 Å². The van der Waals surface area contributed by atoms with Crippen LogP contribution >= 0.6 is 11.3 Å². The van der Waals surface area contributed by atoms with E-state index < -0.39 is 0 Å². The van der Waals surface area contributed by atoms with Gasteiger partial charge in [0.1, 0.15) is 17.2 Å². The Bertz CT molecular complexity index is 1130. The number of ether oxygens (including phenoxy) is 1. The Hall–Kier alpha value is -3.20. The first-order valence-corrected chi connectivity index (χ1v) is 11.6. The van der Waals surface area contributed by atoms with Gasteiger partial charge in [-0.15, -0.1) is 0 Å². The number of amides is 2. The van der Waals surface area contributed by atoms with Gasteiger partial charge in [-0.1, -0.05) is 25.2 Å². The first-order valence-electron chi connectivity index (χ1n) is 10.7. The third-order valence-corrected chi connectivity index (χ3v) is 6.29. The number of hydrogen-bond donors (Lipinski definition) is 2. The number of thiazole rings is 1. The number of aromatic nitrogens is 2. The van der Waals surface area contributed by atoms with E-state index >= 15 is 0 Å². The van der Waals surface area contributed by atoms with Crippen molar-refractivity contribution in [3.05, 3.63) is 42.2 Å². The topological polar surface area (TPSA) is 96.5 Å². The number of fused-ring (bicyclic) bond motifs is 1. The molecule has 1 fully saturated rings. The van der Waals surface area contributed by atoms with E-state index in [1.54, 1.807) is 36.7 Å². The van der Waals surface area contributed by atoms with Gasteiger partial charge in [0.25, 0.3) is 5.91 Å². The van der Waals surface area contributed by atoms with Crippen molar-refractivity contribution in [2.24, 2.45) is 5.92 Å². The number of rotatable bonds is 6. The summed E-state index contributed by atoms with van der Waals surface area (Å²) in [6.45, 7) is 5.42. The molecule has 2 aromatic heterocycles. The summed E-state index contributed by atoms with van der Waals surface area (Å²) in [6.07, 6.45) is 3.55. The van der Waals surface area contributed by atoms with Crippen LogP contribution in [0.1, 0.15) is 37.2 Å². The van der Waals surface area contributed by atoms with Gasteiger partial charge < -0.3 is 20.3 Å². The summed E-state index contributed by atoms with van der Waals surface area (Å²) in [5.41, 5.74) is 1.18. The molecule has 1 aromatic carbocycles. The quantitative estimate of drug-likeness (QED) is 0.588. The Kier molecular flexibility index (Phi) is 6.55. The maximum Gasteiger partial charge on any atom is 0.269 e. The molecule has 1 atom stereocenters. The molecule has 1 saturated heterocycles. The summed E-state index contributed by atoms with van der Waals surface area (Å²) in [5.74, 6) is 1.16. The fraction of sp³-hybridized carbons (Fsp3) is 0.391. The molecule has 168 valence electrons. The van der Waals surface area contributed by atoms with Gasteiger partial charge in [0.2, 0.25) is 5.91 Å². The standard InChI is InChI=1S/C23H27N5O3S/c1-14(2)22(30)28-10-4-5-15(13-28)26-23-27-18-7-6-16(12-20(18)32-23)31-17-8-9-25-19(11-17)21(29)24-3/h6-9,11-12,14-15H,4-5,10,13H2,1-3H3,(H,24,29)(H,26,27). The first-order chi connectivity index (χ1) is 15.4. The van der Waals surface area contributed by atoms with Crippen molar-refractivity contribution in [2.45, 2.75) is 32.7 Å². The van der Waals surface area contributed by atoms with Crippen molar-refractivity contribution < 1.29 is 14.3 Å². The zero-order chi connectivity index (χ0) is 22.7. The number of carbonyl (C=O) groups excluding carboxylic acids is 2. The van der Waals surface area contributed by atoms with Crippen LogP contribution in [0.4, 0.5) is 5.13 Å². The summed E-state index contributed by atoms with van der Waals surface area (Å²) in [6, 6.07) is 9.23. The molecular formula is C23H27N5O3S. The maximum atomic E-state index is 12.3. The molecule has 2 N–H and O–H groups in total. The summed E-state index contributed by atoms with van der Waals surface area (Å²) in [7, 11) is 1.56. The van der Waals surface area contributed by atoms with E-state index in [1.165, 1.54) is 0 Å².